The van der Waals surface area contributed by atoms with Crippen molar-refractivity contribution in [3.63, 3.8) is 0 Å². The van der Waals surface area contributed by atoms with E-state index in [9.17, 15) is 14.0 Å². The van der Waals surface area contributed by atoms with E-state index in [1.807, 2.05) is 31.2 Å². The fourth-order valence-electron chi connectivity index (χ4n) is 3.51. The van der Waals surface area contributed by atoms with Gasteiger partial charge in [-0.2, -0.15) is 0 Å². The van der Waals surface area contributed by atoms with E-state index in [1.54, 1.807) is 30.0 Å². The summed E-state index contributed by atoms with van der Waals surface area (Å²) < 4.78 is 25.0. The smallest absolute Gasteiger partial charge is 0.267 e. The van der Waals surface area contributed by atoms with E-state index < -0.39 is 17.8 Å². The quantitative estimate of drug-likeness (QED) is 0.617. The van der Waals surface area contributed by atoms with Crippen LogP contribution in [0.15, 0.2) is 66.7 Å². The van der Waals surface area contributed by atoms with Gasteiger partial charge in [0.15, 0.2) is 6.10 Å². The Morgan fingerprint density at radius 1 is 1.12 bits per heavy atom. The molecule has 0 aliphatic carbocycles. The van der Waals surface area contributed by atoms with Gasteiger partial charge in [-0.25, -0.2) is 4.39 Å². The lowest BCUT2D eigenvalue weighted by molar-refractivity contribution is -0.125. The Morgan fingerprint density at radius 3 is 2.72 bits per heavy atom. The molecule has 0 saturated heterocycles. The summed E-state index contributed by atoms with van der Waals surface area (Å²) in [6.07, 6.45) is -0.630. The summed E-state index contributed by atoms with van der Waals surface area (Å²) in [5.41, 5.74) is 2.29. The van der Waals surface area contributed by atoms with Gasteiger partial charge in [-0.05, 0) is 67.9 Å². The van der Waals surface area contributed by atoms with Crippen molar-refractivity contribution in [3.05, 3.63) is 83.7 Å². The van der Waals surface area contributed by atoms with Crippen LogP contribution in [0.2, 0.25) is 0 Å². The number of fused-ring (bicyclic) bond motifs is 1. The molecule has 4 rings (SSSR count). The Morgan fingerprint density at radius 2 is 1.94 bits per heavy atom. The summed E-state index contributed by atoms with van der Waals surface area (Å²) in [4.78, 5) is 26.9. The van der Waals surface area contributed by atoms with Gasteiger partial charge in [0.2, 0.25) is 0 Å². The SMILES string of the molecule is Cc1cccc(OCCN2C(=O)C(C)Oc3ccc(NC(=O)c4cccc(F)c4)cc32)c1. The van der Waals surface area contributed by atoms with E-state index in [2.05, 4.69) is 5.32 Å². The lowest BCUT2D eigenvalue weighted by atomic mass is 10.1. The first kappa shape index (κ1) is 21.4. The molecule has 3 aromatic carbocycles. The first-order valence-corrected chi connectivity index (χ1v) is 10.3. The van der Waals surface area contributed by atoms with Crippen LogP contribution in [-0.2, 0) is 4.79 Å². The third-order valence-corrected chi connectivity index (χ3v) is 5.09. The van der Waals surface area contributed by atoms with Crippen molar-refractivity contribution < 1.29 is 23.5 Å². The van der Waals surface area contributed by atoms with Crippen molar-refractivity contribution in [3.8, 4) is 11.5 Å². The molecule has 1 aliphatic rings. The molecular formula is C25H23FN2O4. The van der Waals surface area contributed by atoms with Crippen LogP contribution in [0.25, 0.3) is 0 Å². The molecule has 6 nitrogen and oxygen atoms in total. The number of hydrogen-bond donors (Lipinski definition) is 1. The van der Waals surface area contributed by atoms with Crippen LogP contribution in [0, 0.1) is 12.7 Å². The van der Waals surface area contributed by atoms with Gasteiger partial charge in [-0.3, -0.25) is 9.59 Å². The van der Waals surface area contributed by atoms with E-state index in [-0.39, 0.29) is 11.5 Å². The standard InChI is InChI=1S/C25H23FN2O4/c1-16-5-3-8-21(13-16)31-12-11-28-22-15-20(9-10-23(22)32-17(2)25(28)30)27-24(29)18-6-4-7-19(26)14-18/h3-10,13-15,17H,11-12H2,1-2H3,(H,27,29). The fourth-order valence-corrected chi connectivity index (χ4v) is 3.51. The average Bonchev–Trinajstić information content (AvgIpc) is 2.77. The van der Waals surface area contributed by atoms with Crippen molar-refractivity contribution in [1.82, 2.24) is 0 Å². The number of nitrogens with one attached hydrogen (secondary N) is 1. The minimum Gasteiger partial charge on any atom is -0.492 e. The zero-order chi connectivity index (χ0) is 22.7. The van der Waals surface area contributed by atoms with Gasteiger partial charge in [0.05, 0.1) is 12.2 Å². The van der Waals surface area contributed by atoms with Gasteiger partial charge >= 0.3 is 0 Å². The summed E-state index contributed by atoms with van der Waals surface area (Å²) in [6.45, 7) is 4.28. The molecule has 1 aliphatic heterocycles. The highest BCUT2D eigenvalue weighted by Crippen LogP contribution is 2.36. The maximum absolute atomic E-state index is 13.4. The Hall–Kier alpha value is -3.87. The minimum absolute atomic E-state index is 0.195. The molecule has 32 heavy (non-hydrogen) atoms. The van der Waals surface area contributed by atoms with Crippen molar-refractivity contribution in [2.75, 3.05) is 23.4 Å². The van der Waals surface area contributed by atoms with Crippen LogP contribution in [0.1, 0.15) is 22.8 Å². The van der Waals surface area contributed by atoms with Crippen molar-refractivity contribution >= 4 is 23.2 Å². The average molecular weight is 434 g/mol. The van der Waals surface area contributed by atoms with Gasteiger partial charge in [0, 0.05) is 11.3 Å². The van der Waals surface area contributed by atoms with E-state index in [0.717, 1.165) is 17.4 Å². The van der Waals surface area contributed by atoms with E-state index in [4.69, 9.17) is 9.47 Å². The maximum Gasteiger partial charge on any atom is 0.267 e. The molecule has 0 spiro atoms. The molecule has 2 amide bonds. The number of carbonyl (C=O) groups excluding carboxylic acids is 2. The third kappa shape index (κ3) is 4.72. The van der Waals surface area contributed by atoms with Crippen molar-refractivity contribution in [2.24, 2.45) is 0 Å². The third-order valence-electron chi connectivity index (χ3n) is 5.09. The first-order chi connectivity index (χ1) is 15.4. The summed E-state index contributed by atoms with van der Waals surface area (Å²) in [5, 5.41) is 2.74. The van der Waals surface area contributed by atoms with E-state index in [1.165, 1.54) is 18.2 Å². The van der Waals surface area contributed by atoms with Crippen molar-refractivity contribution in [2.45, 2.75) is 20.0 Å². The molecule has 3 aromatic rings. The highest BCUT2D eigenvalue weighted by atomic mass is 19.1. The molecule has 164 valence electrons. The molecule has 0 bridgehead atoms. The minimum atomic E-state index is -0.630. The lowest BCUT2D eigenvalue weighted by Gasteiger charge is -2.33. The highest BCUT2D eigenvalue weighted by Gasteiger charge is 2.31. The normalized spacial score (nSPS) is 15.0. The molecule has 1 unspecified atom stereocenters. The number of carbonyl (C=O) groups is 2. The zero-order valence-electron chi connectivity index (χ0n) is 17.8. The number of aryl methyl sites for hydroxylation is 1. The number of benzene rings is 3. The number of nitrogens with zero attached hydrogens (tertiary/aromatic N) is 1. The molecule has 7 heteroatoms. The Balaban J connectivity index is 1.51. The summed E-state index contributed by atoms with van der Waals surface area (Å²) in [6, 6.07) is 18.2. The molecule has 1 atom stereocenters. The monoisotopic (exact) mass is 434 g/mol. The number of hydrogen-bond acceptors (Lipinski definition) is 4. The number of rotatable bonds is 6. The maximum atomic E-state index is 13.4. The number of halogens is 1. The molecule has 1 heterocycles. The van der Waals surface area contributed by atoms with Crippen LogP contribution >= 0.6 is 0 Å². The second kappa shape index (κ2) is 9.09. The molecular weight excluding hydrogens is 411 g/mol. The molecule has 1 N–H and O–H groups in total. The summed E-state index contributed by atoms with van der Waals surface area (Å²) in [5.74, 6) is 0.136. The number of anilines is 2. The second-order valence-electron chi connectivity index (χ2n) is 7.56. The van der Waals surface area contributed by atoms with Crippen LogP contribution in [0.4, 0.5) is 15.8 Å². The predicted octanol–water partition coefficient (Wildman–Crippen LogP) is 4.58. The summed E-state index contributed by atoms with van der Waals surface area (Å²) >= 11 is 0. The van der Waals surface area contributed by atoms with Crippen molar-refractivity contribution in [1.29, 1.82) is 0 Å². The van der Waals surface area contributed by atoms with Gasteiger partial charge in [-0.15, -0.1) is 0 Å². The first-order valence-electron chi connectivity index (χ1n) is 10.3. The van der Waals surface area contributed by atoms with Gasteiger partial charge in [-0.1, -0.05) is 18.2 Å². The fraction of sp³-hybridized carbons (Fsp3) is 0.200. The topological polar surface area (TPSA) is 67.9 Å². The number of amides is 2. The van der Waals surface area contributed by atoms with E-state index in [0.29, 0.717) is 30.3 Å². The Kier molecular flexibility index (Phi) is 6.07. The van der Waals surface area contributed by atoms with Crippen LogP contribution in [0.3, 0.4) is 0 Å². The second-order valence-corrected chi connectivity index (χ2v) is 7.56. The zero-order valence-corrected chi connectivity index (χ0v) is 17.8. The lowest BCUT2D eigenvalue weighted by Crippen LogP contribution is -2.46. The van der Waals surface area contributed by atoms with Gasteiger partial charge in [0.1, 0.15) is 23.9 Å². The highest BCUT2D eigenvalue weighted by molar-refractivity contribution is 6.05. The van der Waals surface area contributed by atoms with Crippen LogP contribution < -0.4 is 19.7 Å². The molecule has 0 radical (unpaired) electrons. The van der Waals surface area contributed by atoms with Crippen LogP contribution in [-0.4, -0.2) is 31.1 Å². The number of ether oxygens (including phenoxy) is 2. The Labute approximate surface area is 185 Å². The molecule has 0 saturated carbocycles. The summed E-state index contributed by atoms with van der Waals surface area (Å²) in [7, 11) is 0. The largest absolute Gasteiger partial charge is 0.492 e. The predicted molar refractivity (Wildman–Crippen MR) is 120 cm³/mol. The van der Waals surface area contributed by atoms with Crippen LogP contribution in [0.5, 0.6) is 11.5 Å². The van der Waals surface area contributed by atoms with E-state index >= 15 is 0 Å². The van der Waals surface area contributed by atoms with Gasteiger partial charge in [0.25, 0.3) is 11.8 Å². The Bertz CT molecular complexity index is 1160. The van der Waals surface area contributed by atoms with Gasteiger partial charge < -0.3 is 19.7 Å². The molecule has 0 fully saturated rings. The molecule has 0 aromatic heterocycles.